The van der Waals surface area contributed by atoms with E-state index in [4.69, 9.17) is 21.3 Å². The van der Waals surface area contributed by atoms with Gasteiger partial charge in [0.2, 0.25) is 0 Å². The second-order valence-electron chi connectivity index (χ2n) is 5.11. The monoisotopic (exact) mass is 310 g/mol. The SMILES string of the molecule is ClCCOC1CCN(Cc2nc3ccccc3s2)CC1. The van der Waals surface area contributed by atoms with E-state index in [1.807, 2.05) is 6.07 Å². The summed E-state index contributed by atoms with van der Waals surface area (Å²) < 4.78 is 6.99. The summed E-state index contributed by atoms with van der Waals surface area (Å²) in [5.74, 6) is 0.589. The van der Waals surface area contributed by atoms with Crippen LogP contribution in [0.3, 0.4) is 0 Å². The molecule has 1 aromatic heterocycles. The van der Waals surface area contributed by atoms with Gasteiger partial charge in [0, 0.05) is 19.0 Å². The fourth-order valence-corrected chi connectivity index (χ4v) is 3.72. The van der Waals surface area contributed by atoms with Crippen LogP contribution in [-0.2, 0) is 11.3 Å². The number of aromatic nitrogens is 1. The second-order valence-corrected chi connectivity index (χ2v) is 6.60. The molecule has 2 heterocycles. The van der Waals surface area contributed by atoms with E-state index in [0.717, 1.165) is 38.0 Å². The number of benzene rings is 1. The number of halogens is 1. The molecule has 0 atom stereocenters. The molecule has 0 spiro atoms. The van der Waals surface area contributed by atoms with Crippen LogP contribution >= 0.6 is 22.9 Å². The van der Waals surface area contributed by atoms with Crippen LogP contribution < -0.4 is 0 Å². The van der Waals surface area contributed by atoms with E-state index < -0.39 is 0 Å². The molecule has 0 unspecified atom stereocenters. The zero-order chi connectivity index (χ0) is 13.8. The molecule has 1 aliphatic heterocycles. The number of likely N-dealkylation sites (tertiary alicyclic amines) is 1. The zero-order valence-corrected chi connectivity index (χ0v) is 13.0. The fourth-order valence-electron chi connectivity index (χ4n) is 2.62. The molecule has 108 valence electrons. The maximum atomic E-state index is 5.71. The average Bonchev–Trinajstić information content (AvgIpc) is 2.89. The third-order valence-electron chi connectivity index (χ3n) is 3.66. The van der Waals surface area contributed by atoms with Crippen molar-refractivity contribution < 1.29 is 4.74 Å². The number of fused-ring (bicyclic) bond motifs is 1. The molecule has 5 heteroatoms. The van der Waals surface area contributed by atoms with Crippen molar-refractivity contribution in [2.75, 3.05) is 25.6 Å². The third-order valence-corrected chi connectivity index (χ3v) is 4.84. The Bertz CT molecular complexity index is 519. The summed E-state index contributed by atoms with van der Waals surface area (Å²) in [6.07, 6.45) is 2.59. The topological polar surface area (TPSA) is 25.4 Å². The van der Waals surface area contributed by atoms with Crippen molar-refractivity contribution in [1.82, 2.24) is 9.88 Å². The molecule has 0 N–H and O–H groups in total. The van der Waals surface area contributed by atoms with Crippen molar-refractivity contribution in [3.8, 4) is 0 Å². The Labute approximate surface area is 128 Å². The van der Waals surface area contributed by atoms with Gasteiger partial charge in [0.15, 0.2) is 0 Å². The van der Waals surface area contributed by atoms with Crippen LogP contribution in [0.15, 0.2) is 24.3 Å². The van der Waals surface area contributed by atoms with Crippen molar-refractivity contribution in [2.24, 2.45) is 0 Å². The van der Waals surface area contributed by atoms with Crippen LogP contribution in [0.25, 0.3) is 10.2 Å². The lowest BCUT2D eigenvalue weighted by Gasteiger charge is -2.31. The Morgan fingerprint density at radius 1 is 1.30 bits per heavy atom. The van der Waals surface area contributed by atoms with E-state index in [9.17, 15) is 0 Å². The van der Waals surface area contributed by atoms with Crippen LogP contribution in [0.2, 0.25) is 0 Å². The van der Waals surface area contributed by atoms with Crippen molar-refractivity contribution in [3.05, 3.63) is 29.3 Å². The normalized spacial score (nSPS) is 17.9. The molecule has 3 nitrogen and oxygen atoms in total. The molecule has 1 fully saturated rings. The minimum Gasteiger partial charge on any atom is -0.377 e. The van der Waals surface area contributed by atoms with Gasteiger partial charge in [-0.2, -0.15) is 0 Å². The van der Waals surface area contributed by atoms with Crippen molar-refractivity contribution in [3.63, 3.8) is 0 Å². The van der Waals surface area contributed by atoms with Gasteiger partial charge in [-0.3, -0.25) is 4.90 Å². The summed E-state index contributed by atoms with van der Waals surface area (Å²) in [5, 5.41) is 1.21. The number of thiazole rings is 1. The minimum atomic E-state index is 0.389. The maximum Gasteiger partial charge on any atom is 0.108 e. The van der Waals surface area contributed by atoms with Crippen LogP contribution in [0, 0.1) is 0 Å². The van der Waals surface area contributed by atoms with Crippen molar-refractivity contribution in [1.29, 1.82) is 0 Å². The van der Waals surface area contributed by atoms with Gasteiger partial charge >= 0.3 is 0 Å². The highest BCUT2D eigenvalue weighted by atomic mass is 35.5. The number of nitrogens with zero attached hydrogens (tertiary/aromatic N) is 2. The lowest BCUT2D eigenvalue weighted by Crippen LogP contribution is -2.36. The number of hydrogen-bond acceptors (Lipinski definition) is 4. The molecule has 0 radical (unpaired) electrons. The summed E-state index contributed by atoms with van der Waals surface area (Å²) in [4.78, 5) is 7.17. The predicted molar refractivity (Wildman–Crippen MR) is 84.6 cm³/mol. The number of piperidine rings is 1. The van der Waals surface area contributed by atoms with Gasteiger partial charge in [-0.15, -0.1) is 22.9 Å². The molecule has 0 amide bonds. The zero-order valence-electron chi connectivity index (χ0n) is 11.4. The lowest BCUT2D eigenvalue weighted by atomic mass is 10.1. The van der Waals surface area contributed by atoms with Gasteiger partial charge in [-0.1, -0.05) is 12.1 Å². The molecular formula is C15H19ClN2OS. The molecule has 1 saturated heterocycles. The first-order chi connectivity index (χ1) is 9.85. The Balaban J connectivity index is 1.54. The molecule has 20 heavy (non-hydrogen) atoms. The second kappa shape index (κ2) is 6.85. The van der Waals surface area contributed by atoms with E-state index in [1.54, 1.807) is 11.3 Å². The van der Waals surface area contributed by atoms with Gasteiger partial charge in [-0.25, -0.2) is 4.98 Å². The number of rotatable bonds is 5. The van der Waals surface area contributed by atoms with Crippen molar-refractivity contribution in [2.45, 2.75) is 25.5 Å². The van der Waals surface area contributed by atoms with Crippen LogP contribution in [0.5, 0.6) is 0 Å². The first kappa shape index (κ1) is 14.3. The number of para-hydroxylation sites is 1. The van der Waals surface area contributed by atoms with E-state index >= 15 is 0 Å². The summed E-state index contributed by atoms with van der Waals surface area (Å²) in [7, 11) is 0. The molecule has 0 saturated carbocycles. The highest BCUT2D eigenvalue weighted by Crippen LogP contribution is 2.24. The smallest absolute Gasteiger partial charge is 0.108 e. The summed E-state index contributed by atoms with van der Waals surface area (Å²) in [6, 6.07) is 8.35. The van der Waals surface area contributed by atoms with Crippen LogP contribution in [-0.4, -0.2) is 41.6 Å². The quantitative estimate of drug-likeness (QED) is 0.790. The van der Waals surface area contributed by atoms with E-state index in [2.05, 4.69) is 23.1 Å². The van der Waals surface area contributed by atoms with Gasteiger partial charge < -0.3 is 4.74 Å². The van der Waals surface area contributed by atoms with Gasteiger partial charge in [0.25, 0.3) is 0 Å². The van der Waals surface area contributed by atoms with Crippen molar-refractivity contribution >= 4 is 33.2 Å². The third kappa shape index (κ3) is 3.50. The van der Waals surface area contributed by atoms with E-state index in [-0.39, 0.29) is 0 Å². The Kier molecular flexibility index (Phi) is 4.89. The Hall–Kier alpha value is -0.680. The number of alkyl halides is 1. The van der Waals surface area contributed by atoms with E-state index in [0.29, 0.717) is 18.6 Å². The van der Waals surface area contributed by atoms with Gasteiger partial charge in [0.1, 0.15) is 5.01 Å². The standard InChI is InChI=1S/C15H19ClN2OS/c16-7-10-19-12-5-8-18(9-6-12)11-15-17-13-3-1-2-4-14(13)20-15/h1-4,12H,5-11H2. The molecule has 1 aliphatic rings. The van der Waals surface area contributed by atoms with Gasteiger partial charge in [-0.05, 0) is 25.0 Å². The molecule has 0 aliphatic carbocycles. The average molecular weight is 311 g/mol. The van der Waals surface area contributed by atoms with Gasteiger partial charge in [0.05, 0.1) is 29.5 Å². The minimum absolute atomic E-state index is 0.389. The Morgan fingerprint density at radius 3 is 2.85 bits per heavy atom. The molecule has 1 aromatic carbocycles. The summed E-state index contributed by atoms with van der Waals surface area (Å²) >= 11 is 7.46. The molecule has 2 aromatic rings. The summed E-state index contributed by atoms with van der Waals surface area (Å²) in [6.45, 7) is 3.80. The fraction of sp³-hybridized carbons (Fsp3) is 0.533. The number of hydrogen-bond donors (Lipinski definition) is 0. The summed E-state index contributed by atoms with van der Waals surface area (Å²) in [5.41, 5.74) is 1.12. The first-order valence-corrected chi connectivity index (χ1v) is 8.44. The Morgan fingerprint density at radius 2 is 2.10 bits per heavy atom. The largest absolute Gasteiger partial charge is 0.377 e. The highest BCUT2D eigenvalue weighted by molar-refractivity contribution is 7.18. The lowest BCUT2D eigenvalue weighted by molar-refractivity contribution is 0.0134. The molecule has 3 rings (SSSR count). The van der Waals surface area contributed by atoms with E-state index in [1.165, 1.54) is 9.71 Å². The molecular weight excluding hydrogens is 292 g/mol. The molecule has 0 bridgehead atoms. The first-order valence-electron chi connectivity index (χ1n) is 7.09. The highest BCUT2D eigenvalue weighted by Gasteiger charge is 2.20. The predicted octanol–water partition coefficient (Wildman–Crippen LogP) is 3.52. The maximum absolute atomic E-state index is 5.71. The van der Waals surface area contributed by atoms with Crippen LogP contribution in [0.4, 0.5) is 0 Å². The number of ether oxygens (including phenoxy) is 1. The van der Waals surface area contributed by atoms with Crippen LogP contribution in [0.1, 0.15) is 17.8 Å².